The normalized spacial score (nSPS) is 16.6. The van der Waals surface area contributed by atoms with E-state index in [0.717, 1.165) is 25.7 Å². The highest BCUT2D eigenvalue weighted by Gasteiger charge is 2.33. The second kappa shape index (κ2) is 6.91. The van der Waals surface area contributed by atoms with Gasteiger partial charge in [-0.25, -0.2) is 13.4 Å². The van der Waals surface area contributed by atoms with Crippen LogP contribution in [0, 0.1) is 0 Å². The average molecular weight is 334 g/mol. The number of halogens is 1. The van der Waals surface area contributed by atoms with Crippen molar-refractivity contribution >= 4 is 27.4 Å². The number of aromatic nitrogens is 1. The molecule has 1 aliphatic rings. The molecular weight excluding hydrogens is 314 g/mol. The van der Waals surface area contributed by atoms with E-state index < -0.39 is 10.0 Å². The van der Waals surface area contributed by atoms with E-state index in [4.69, 9.17) is 11.6 Å². The van der Waals surface area contributed by atoms with Crippen molar-refractivity contribution in [3.05, 3.63) is 17.3 Å². The molecule has 8 heteroatoms. The third-order valence-electron chi connectivity index (χ3n) is 3.71. The second-order valence-corrected chi connectivity index (χ2v) is 7.33. The summed E-state index contributed by atoms with van der Waals surface area (Å²) in [5.74, 6) is 0.435. The molecule has 2 rings (SSSR count). The predicted octanol–water partition coefficient (Wildman–Crippen LogP) is 1.70. The van der Waals surface area contributed by atoms with Gasteiger partial charge in [0.2, 0.25) is 10.0 Å². The Kier molecular flexibility index (Phi) is 5.43. The maximum absolute atomic E-state index is 12.8. The summed E-state index contributed by atoms with van der Waals surface area (Å²) >= 11 is 6.02. The quantitative estimate of drug-likeness (QED) is 0.828. The third kappa shape index (κ3) is 3.48. The van der Waals surface area contributed by atoms with Crippen LogP contribution in [0.4, 0.5) is 5.82 Å². The van der Waals surface area contributed by atoms with E-state index in [9.17, 15) is 13.5 Å². The molecule has 0 amide bonds. The van der Waals surface area contributed by atoms with Gasteiger partial charge in [0.1, 0.15) is 10.7 Å². The van der Waals surface area contributed by atoms with Gasteiger partial charge in [-0.3, -0.25) is 0 Å². The largest absolute Gasteiger partial charge is 0.395 e. The maximum atomic E-state index is 12.8. The number of hydrogen-bond donors (Lipinski definition) is 2. The number of rotatable bonds is 6. The molecule has 118 valence electrons. The number of nitrogens with one attached hydrogen (secondary N) is 1. The Morgan fingerprint density at radius 3 is 2.67 bits per heavy atom. The van der Waals surface area contributed by atoms with Crippen molar-refractivity contribution in [1.29, 1.82) is 0 Å². The fraction of sp³-hybridized carbons (Fsp3) is 0.615. The molecule has 1 aromatic heterocycles. The number of aliphatic hydroxyl groups excluding tert-OH is 1. The molecule has 1 fully saturated rings. The highest BCUT2D eigenvalue weighted by Crippen LogP contribution is 2.30. The summed E-state index contributed by atoms with van der Waals surface area (Å²) < 4.78 is 26.9. The average Bonchev–Trinajstić information content (AvgIpc) is 2.98. The van der Waals surface area contributed by atoms with Crippen LogP contribution in [0.25, 0.3) is 0 Å². The molecule has 1 saturated carbocycles. The molecule has 1 heterocycles. The summed E-state index contributed by atoms with van der Waals surface area (Å²) in [4.78, 5) is 4.08. The first-order chi connectivity index (χ1) is 10.0. The molecule has 0 saturated heterocycles. The molecule has 0 bridgehead atoms. The molecular formula is C13H20ClN3O3S. The Hall–Kier alpha value is -0.890. The zero-order chi connectivity index (χ0) is 15.5. The first kappa shape index (κ1) is 16.5. The van der Waals surface area contributed by atoms with E-state index >= 15 is 0 Å². The molecule has 1 aromatic rings. The molecule has 6 nitrogen and oxygen atoms in total. The fourth-order valence-electron chi connectivity index (χ4n) is 2.67. The molecule has 0 spiro atoms. The van der Waals surface area contributed by atoms with Crippen LogP contribution >= 0.6 is 11.6 Å². The zero-order valence-corrected chi connectivity index (χ0v) is 13.5. The molecule has 1 aliphatic carbocycles. The van der Waals surface area contributed by atoms with Gasteiger partial charge in [0.15, 0.2) is 0 Å². The lowest BCUT2D eigenvalue weighted by Crippen LogP contribution is -2.40. The van der Waals surface area contributed by atoms with Gasteiger partial charge in [-0.2, -0.15) is 4.31 Å². The van der Waals surface area contributed by atoms with Gasteiger partial charge in [-0.1, -0.05) is 24.4 Å². The lowest BCUT2D eigenvalue weighted by atomic mass is 10.2. The summed E-state index contributed by atoms with van der Waals surface area (Å²) in [7, 11) is -2.03. The summed E-state index contributed by atoms with van der Waals surface area (Å²) in [5.41, 5.74) is 0. The van der Waals surface area contributed by atoms with Crippen molar-refractivity contribution in [2.45, 2.75) is 36.6 Å². The summed E-state index contributed by atoms with van der Waals surface area (Å²) in [5, 5.41) is 12.2. The topological polar surface area (TPSA) is 82.5 Å². The van der Waals surface area contributed by atoms with Crippen LogP contribution < -0.4 is 5.32 Å². The molecule has 21 heavy (non-hydrogen) atoms. The lowest BCUT2D eigenvalue weighted by molar-refractivity contribution is 0.226. The van der Waals surface area contributed by atoms with Gasteiger partial charge in [-0.15, -0.1) is 0 Å². The molecule has 0 aromatic carbocycles. The van der Waals surface area contributed by atoms with Crippen LogP contribution in [0.5, 0.6) is 0 Å². The minimum atomic E-state index is -3.70. The zero-order valence-electron chi connectivity index (χ0n) is 11.9. The smallest absolute Gasteiger partial charge is 0.244 e. The molecule has 0 radical (unpaired) electrons. The summed E-state index contributed by atoms with van der Waals surface area (Å²) in [6.07, 6.45) is 4.98. The second-order valence-electron chi connectivity index (χ2n) is 5.03. The van der Waals surface area contributed by atoms with Crippen LogP contribution in [-0.2, 0) is 10.0 Å². The van der Waals surface area contributed by atoms with Crippen molar-refractivity contribution < 1.29 is 13.5 Å². The number of pyridine rings is 1. The molecule has 0 atom stereocenters. The van der Waals surface area contributed by atoms with Gasteiger partial charge in [0, 0.05) is 25.8 Å². The number of sulfonamides is 1. The van der Waals surface area contributed by atoms with Gasteiger partial charge < -0.3 is 10.4 Å². The highest BCUT2D eigenvalue weighted by atomic mass is 35.5. The van der Waals surface area contributed by atoms with Crippen molar-refractivity contribution in [1.82, 2.24) is 9.29 Å². The standard InChI is InChI=1S/C13H20ClN3O3S/c1-15-13-12(14)8-11(9-16-13)21(19,20)17(6-7-18)10-4-2-3-5-10/h8-10,18H,2-7H2,1H3,(H,15,16). The van der Waals surface area contributed by atoms with E-state index in [2.05, 4.69) is 10.3 Å². The fourth-order valence-corrected chi connectivity index (χ4v) is 4.64. The maximum Gasteiger partial charge on any atom is 0.244 e. The van der Waals surface area contributed by atoms with Gasteiger partial charge >= 0.3 is 0 Å². The highest BCUT2D eigenvalue weighted by molar-refractivity contribution is 7.89. The number of hydrogen-bond acceptors (Lipinski definition) is 5. The van der Waals surface area contributed by atoms with E-state index in [1.54, 1.807) is 7.05 Å². The first-order valence-corrected chi connectivity index (χ1v) is 8.78. The van der Waals surface area contributed by atoms with Crippen LogP contribution in [-0.4, -0.2) is 49.1 Å². The van der Waals surface area contributed by atoms with Crippen LogP contribution in [0.15, 0.2) is 17.2 Å². The van der Waals surface area contributed by atoms with Crippen LogP contribution in [0.1, 0.15) is 25.7 Å². The van der Waals surface area contributed by atoms with Crippen LogP contribution in [0.3, 0.4) is 0 Å². The number of nitrogens with zero attached hydrogens (tertiary/aromatic N) is 2. The summed E-state index contributed by atoms with van der Waals surface area (Å²) in [6.45, 7) is -0.107. The SMILES string of the molecule is CNc1ncc(S(=O)(=O)N(CCO)C2CCCC2)cc1Cl. The lowest BCUT2D eigenvalue weighted by Gasteiger charge is -2.27. The van der Waals surface area contributed by atoms with E-state index in [0.29, 0.717) is 5.82 Å². The molecule has 0 aliphatic heterocycles. The Morgan fingerprint density at radius 1 is 1.48 bits per heavy atom. The Morgan fingerprint density at radius 2 is 2.14 bits per heavy atom. The van der Waals surface area contributed by atoms with Gasteiger partial charge in [0.05, 0.1) is 11.6 Å². The van der Waals surface area contributed by atoms with Crippen molar-refractivity contribution in [3.8, 4) is 0 Å². The van der Waals surface area contributed by atoms with Crippen molar-refractivity contribution in [3.63, 3.8) is 0 Å². The Labute approximate surface area is 130 Å². The van der Waals surface area contributed by atoms with Crippen molar-refractivity contribution in [2.75, 3.05) is 25.5 Å². The molecule has 0 unspecified atom stereocenters. The number of aliphatic hydroxyl groups is 1. The van der Waals surface area contributed by atoms with Gasteiger partial charge in [-0.05, 0) is 18.9 Å². The monoisotopic (exact) mass is 333 g/mol. The van der Waals surface area contributed by atoms with E-state index in [1.807, 2.05) is 0 Å². The van der Waals surface area contributed by atoms with Gasteiger partial charge in [0.25, 0.3) is 0 Å². The molecule has 2 N–H and O–H groups in total. The van der Waals surface area contributed by atoms with Crippen LogP contribution in [0.2, 0.25) is 5.02 Å². The minimum absolute atomic E-state index is 0.0510. The Bertz CT molecular complexity index is 588. The van der Waals surface area contributed by atoms with E-state index in [-0.39, 0.29) is 29.1 Å². The minimum Gasteiger partial charge on any atom is -0.395 e. The predicted molar refractivity (Wildman–Crippen MR) is 82.0 cm³/mol. The Balaban J connectivity index is 2.35. The first-order valence-electron chi connectivity index (χ1n) is 6.96. The van der Waals surface area contributed by atoms with E-state index in [1.165, 1.54) is 16.6 Å². The van der Waals surface area contributed by atoms with Crippen molar-refractivity contribution in [2.24, 2.45) is 0 Å². The number of anilines is 1. The summed E-state index contributed by atoms with van der Waals surface area (Å²) in [6, 6.07) is 1.35. The third-order valence-corrected chi connectivity index (χ3v) is 5.92.